The predicted molar refractivity (Wildman–Crippen MR) is 167 cm³/mol. The molecule has 0 saturated carbocycles. The zero-order valence-corrected chi connectivity index (χ0v) is 26.8. The number of ether oxygens (including phenoxy) is 2. The zero-order valence-electron chi connectivity index (χ0n) is 25.8. The van der Waals surface area contributed by atoms with Gasteiger partial charge >= 0.3 is 5.97 Å². The summed E-state index contributed by atoms with van der Waals surface area (Å²) in [6.07, 6.45) is 1.63. The van der Waals surface area contributed by atoms with E-state index in [0.717, 1.165) is 6.04 Å². The molecule has 12 heteroatoms. The highest BCUT2D eigenvalue weighted by Gasteiger charge is 2.48. The summed E-state index contributed by atoms with van der Waals surface area (Å²) in [5.74, 6) is 4.56. The van der Waals surface area contributed by atoms with Crippen molar-refractivity contribution < 1.29 is 23.5 Å². The Kier molecular flexibility index (Phi) is 8.63. The quantitative estimate of drug-likeness (QED) is 0.113. The lowest BCUT2D eigenvalue weighted by Crippen LogP contribution is -2.38. The second-order valence-electron chi connectivity index (χ2n) is 12.2. The number of benzene rings is 1. The summed E-state index contributed by atoms with van der Waals surface area (Å²) in [4.78, 5) is 41.5. The molecule has 5 rings (SSSR count). The molecule has 0 N–H and O–H groups in total. The lowest BCUT2D eigenvalue weighted by Gasteiger charge is -2.21. The van der Waals surface area contributed by atoms with E-state index in [-0.39, 0.29) is 43.1 Å². The van der Waals surface area contributed by atoms with Gasteiger partial charge in [-0.1, -0.05) is 37.8 Å². The minimum atomic E-state index is -1.35. The summed E-state index contributed by atoms with van der Waals surface area (Å²) in [7, 11) is -1.35. The summed E-state index contributed by atoms with van der Waals surface area (Å²) in [5, 5.41) is 5.40. The minimum Gasteiger partial charge on any atom is -0.456 e. The van der Waals surface area contributed by atoms with Crippen LogP contribution < -0.4 is 4.90 Å². The number of carbonyl (C=O) groups excluding carboxylic acids is 2. The average molecular weight is 615 g/mol. The molecule has 4 aromatic rings. The Bertz CT molecular complexity index is 1800. The number of halogens is 1. The molecule has 0 radical (unpaired) electrons. The molecule has 44 heavy (non-hydrogen) atoms. The average Bonchev–Trinajstić information content (AvgIpc) is 3.43. The number of rotatable bonds is 9. The molecule has 0 atom stereocenters. The van der Waals surface area contributed by atoms with E-state index in [2.05, 4.69) is 36.5 Å². The number of anilines is 1. The standard InChI is InChI=1S/C32H35FN6O4Si/c1-7-43-25(40)15-14-24-26-30(38(31(41)32(26,2)3)20-42-17-18-44(4,5)6)36-28(35-24)27-22-12-10-16-34-29(22)39(37-27)19-21-11-8-9-13-23(21)33/h8-13,16H,7,17-20H2,1-6H3. The first kappa shape index (κ1) is 31.0. The smallest absolute Gasteiger partial charge is 0.384 e. The van der Waals surface area contributed by atoms with Crippen LogP contribution in [-0.2, 0) is 31.0 Å². The molecule has 0 aliphatic carbocycles. The Morgan fingerprint density at radius 3 is 2.61 bits per heavy atom. The van der Waals surface area contributed by atoms with Crippen LogP contribution in [-0.4, -0.2) is 64.6 Å². The van der Waals surface area contributed by atoms with Crippen molar-refractivity contribution in [3.05, 3.63) is 65.2 Å². The van der Waals surface area contributed by atoms with Crippen LogP contribution in [0.2, 0.25) is 25.7 Å². The molecule has 3 aromatic heterocycles. The van der Waals surface area contributed by atoms with Gasteiger partial charge in [-0.15, -0.1) is 0 Å². The van der Waals surface area contributed by atoms with Gasteiger partial charge in [-0.3, -0.25) is 9.69 Å². The summed E-state index contributed by atoms with van der Waals surface area (Å²) in [6.45, 7) is 12.8. The maximum atomic E-state index is 14.6. The van der Waals surface area contributed by atoms with Crippen LogP contribution in [0.4, 0.5) is 10.2 Å². The molecular weight excluding hydrogens is 579 g/mol. The second kappa shape index (κ2) is 12.3. The maximum Gasteiger partial charge on any atom is 0.384 e. The van der Waals surface area contributed by atoms with Crippen molar-refractivity contribution in [1.82, 2.24) is 24.7 Å². The SMILES string of the molecule is CCOC(=O)C#Cc1nc(-c2nn(Cc3ccccc3F)c3ncccc23)nc2c1C(C)(C)C(=O)N2COCC[Si](C)(C)C. The maximum absolute atomic E-state index is 14.6. The largest absolute Gasteiger partial charge is 0.456 e. The third-order valence-electron chi connectivity index (χ3n) is 7.32. The molecule has 228 valence electrons. The van der Waals surface area contributed by atoms with Gasteiger partial charge < -0.3 is 9.47 Å². The Morgan fingerprint density at radius 1 is 1.11 bits per heavy atom. The van der Waals surface area contributed by atoms with Crippen molar-refractivity contribution in [3.8, 4) is 23.4 Å². The van der Waals surface area contributed by atoms with E-state index in [1.807, 2.05) is 6.07 Å². The lowest BCUT2D eigenvalue weighted by atomic mass is 9.85. The van der Waals surface area contributed by atoms with Crippen LogP contribution in [0.1, 0.15) is 37.6 Å². The van der Waals surface area contributed by atoms with E-state index in [1.165, 1.54) is 11.0 Å². The van der Waals surface area contributed by atoms with Crippen LogP contribution in [0, 0.1) is 17.7 Å². The normalized spacial score (nSPS) is 14.0. The van der Waals surface area contributed by atoms with Gasteiger partial charge in [-0.05, 0) is 50.9 Å². The first-order chi connectivity index (χ1) is 20.9. The predicted octanol–water partition coefficient (Wildman–Crippen LogP) is 4.93. The van der Waals surface area contributed by atoms with Crippen LogP contribution in [0.15, 0.2) is 42.6 Å². The molecule has 1 aliphatic heterocycles. The van der Waals surface area contributed by atoms with Gasteiger partial charge in [0.1, 0.15) is 29.8 Å². The van der Waals surface area contributed by atoms with E-state index in [4.69, 9.17) is 24.5 Å². The van der Waals surface area contributed by atoms with Gasteiger partial charge in [0, 0.05) is 37.9 Å². The molecule has 10 nitrogen and oxygen atoms in total. The monoisotopic (exact) mass is 614 g/mol. The van der Waals surface area contributed by atoms with Crippen molar-refractivity contribution in [2.45, 2.75) is 58.4 Å². The third-order valence-corrected chi connectivity index (χ3v) is 9.03. The highest BCUT2D eigenvalue weighted by atomic mass is 28.3. The Labute approximate surface area is 256 Å². The number of fused-ring (bicyclic) bond motifs is 2. The number of carbonyl (C=O) groups is 2. The van der Waals surface area contributed by atoms with Gasteiger partial charge in [-0.2, -0.15) is 5.10 Å². The van der Waals surface area contributed by atoms with Crippen molar-refractivity contribution in [2.75, 3.05) is 24.8 Å². The molecular formula is C32H35FN6O4Si. The highest BCUT2D eigenvalue weighted by molar-refractivity contribution is 6.76. The summed E-state index contributed by atoms with van der Waals surface area (Å²) >= 11 is 0. The fourth-order valence-electron chi connectivity index (χ4n) is 4.96. The van der Waals surface area contributed by atoms with E-state index in [0.29, 0.717) is 40.3 Å². The molecule has 1 amide bonds. The van der Waals surface area contributed by atoms with Crippen molar-refractivity contribution in [3.63, 3.8) is 0 Å². The van der Waals surface area contributed by atoms with Crippen molar-refractivity contribution in [1.29, 1.82) is 0 Å². The first-order valence-corrected chi connectivity index (χ1v) is 18.2. The van der Waals surface area contributed by atoms with Crippen molar-refractivity contribution in [2.24, 2.45) is 0 Å². The van der Waals surface area contributed by atoms with Crippen LogP contribution >= 0.6 is 0 Å². The van der Waals surface area contributed by atoms with Gasteiger partial charge in [0.05, 0.1) is 24.0 Å². The van der Waals surface area contributed by atoms with Gasteiger partial charge in [0.2, 0.25) is 5.91 Å². The van der Waals surface area contributed by atoms with Crippen LogP contribution in [0.3, 0.4) is 0 Å². The lowest BCUT2D eigenvalue weighted by molar-refractivity contribution is -0.136. The van der Waals surface area contributed by atoms with Crippen LogP contribution in [0.5, 0.6) is 0 Å². The number of esters is 1. The van der Waals surface area contributed by atoms with E-state index in [9.17, 15) is 14.0 Å². The zero-order chi connectivity index (χ0) is 31.6. The summed E-state index contributed by atoms with van der Waals surface area (Å²) in [5.41, 5.74) is 0.994. The molecule has 0 bridgehead atoms. The van der Waals surface area contributed by atoms with E-state index >= 15 is 0 Å². The van der Waals surface area contributed by atoms with E-state index < -0.39 is 19.5 Å². The molecule has 1 aromatic carbocycles. The van der Waals surface area contributed by atoms with E-state index in [1.54, 1.807) is 55.9 Å². The Hall–Kier alpha value is -4.47. The molecule has 4 heterocycles. The Morgan fingerprint density at radius 2 is 1.89 bits per heavy atom. The molecule has 0 fully saturated rings. The third kappa shape index (κ3) is 6.25. The number of amides is 1. The number of hydrogen-bond acceptors (Lipinski definition) is 8. The number of hydrogen-bond donors (Lipinski definition) is 0. The first-order valence-electron chi connectivity index (χ1n) is 14.5. The molecule has 1 aliphatic rings. The number of pyridine rings is 1. The van der Waals surface area contributed by atoms with Gasteiger partial charge in [0.15, 0.2) is 11.5 Å². The van der Waals surface area contributed by atoms with Crippen molar-refractivity contribution >= 4 is 36.8 Å². The second-order valence-corrected chi connectivity index (χ2v) is 17.9. The molecule has 0 saturated heterocycles. The number of nitrogens with zero attached hydrogens (tertiary/aromatic N) is 6. The Balaban J connectivity index is 1.65. The van der Waals surface area contributed by atoms with Crippen LogP contribution in [0.25, 0.3) is 22.6 Å². The highest BCUT2D eigenvalue weighted by Crippen LogP contribution is 2.43. The van der Waals surface area contributed by atoms with Gasteiger partial charge in [0.25, 0.3) is 0 Å². The number of aromatic nitrogens is 5. The van der Waals surface area contributed by atoms with Gasteiger partial charge in [-0.25, -0.2) is 28.8 Å². The minimum absolute atomic E-state index is 0.00493. The fourth-order valence-corrected chi connectivity index (χ4v) is 5.72. The molecule has 0 unspecified atom stereocenters. The summed E-state index contributed by atoms with van der Waals surface area (Å²) < 4.78 is 27.2. The fraction of sp³-hybridized carbons (Fsp3) is 0.375. The summed E-state index contributed by atoms with van der Waals surface area (Å²) in [6, 6.07) is 11.0. The topological polar surface area (TPSA) is 112 Å². The molecule has 0 spiro atoms.